The van der Waals surface area contributed by atoms with Crippen molar-refractivity contribution in [1.29, 1.82) is 0 Å². The molecule has 1 amide bonds. The van der Waals surface area contributed by atoms with Gasteiger partial charge in [0.2, 0.25) is 0 Å². The van der Waals surface area contributed by atoms with Gasteiger partial charge in [-0.25, -0.2) is 0 Å². The second-order valence-electron chi connectivity index (χ2n) is 8.70. The van der Waals surface area contributed by atoms with Crippen LogP contribution < -0.4 is 9.47 Å². The van der Waals surface area contributed by atoms with E-state index in [1.165, 1.54) is 5.56 Å². The van der Waals surface area contributed by atoms with Gasteiger partial charge in [0.15, 0.2) is 0 Å². The largest absolute Gasteiger partial charge is 0.493 e. The average molecular weight is 431 g/mol. The fourth-order valence-electron chi connectivity index (χ4n) is 4.04. The van der Waals surface area contributed by atoms with Crippen molar-refractivity contribution < 1.29 is 14.3 Å². The fraction of sp³-hybridized carbons (Fsp3) is 0.333. The molecule has 1 aliphatic rings. The number of pyridine rings is 1. The first kappa shape index (κ1) is 21.9. The average Bonchev–Trinajstić information content (AvgIpc) is 2.80. The lowest BCUT2D eigenvalue weighted by Gasteiger charge is -2.48. The van der Waals surface area contributed by atoms with Gasteiger partial charge in [0.1, 0.15) is 23.8 Å². The van der Waals surface area contributed by atoms with Gasteiger partial charge in [-0.1, -0.05) is 56.3 Å². The third-order valence-electron chi connectivity index (χ3n) is 5.90. The van der Waals surface area contributed by atoms with Gasteiger partial charge in [0.05, 0.1) is 6.61 Å². The summed E-state index contributed by atoms with van der Waals surface area (Å²) in [6.45, 7) is 8.83. The van der Waals surface area contributed by atoms with Crippen LogP contribution in [0.15, 0.2) is 66.9 Å². The summed E-state index contributed by atoms with van der Waals surface area (Å²) in [5.74, 6) is 1.53. The van der Waals surface area contributed by atoms with E-state index >= 15 is 0 Å². The molecule has 3 aromatic rings. The van der Waals surface area contributed by atoms with Gasteiger partial charge >= 0.3 is 0 Å². The predicted molar refractivity (Wildman–Crippen MR) is 125 cm³/mol. The van der Waals surface area contributed by atoms with Crippen LogP contribution in [0.25, 0.3) is 0 Å². The van der Waals surface area contributed by atoms with Crippen LogP contribution in [0.1, 0.15) is 47.4 Å². The molecule has 0 aliphatic carbocycles. The van der Waals surface area contributed by atoms with E-state index in [1.807, 2.05) is 29.2 Å². The predicted octanol–water partition coefficient (Wildman–Crippen LogP) is 5.17. The van der Waals surface area contributed by atoms with Gasteiger partial charge < -0.3 is 14.4 Å². The highest BCUT2D eigenvalue weighted by Gasteiger charge is 2.43. The van der Waals surface area contributed by atoms with Crippen LogP contribution in [0.4, 0.5) is 0 Å². The molecule has 1 fully saturated rings. The third kappa shape index (κ3) is 4.77. The number of carbonyl (C=O) groups excluding carboxylic acids is 1. The van der Waals surface area contributed by atoms with E-state index in [1.54, 1.807) is 18.3 Å². The molecular formula is C27H30N2O3. The molecule has 32 heavy (non-hydrogen) atoms. The van der Waals surface area contributed by atoms with E-state index in [2.05, 4.69) is 50.0 Å². The van der Waals surface area contributed by atoms with E-state index in [9.17, 15) is 4.79 Å². The van der Waals surface area contributed by atoms with Crippen LogP contribution >= 0.6 is 0 Å². The van der Waals surface area contributed by atoms with Crippen LogP contribution in [0.5, 0.6) is 11.5 Å². The first-order valence-electron chi connectivity index (χ1n) is 11.1. The van der Waals surface area contributed by atoms with E-state index in [0.717, 1.165) is 23.3 Å². The Labute approximate surface area is 190 Å². The highest BCUT2D eigenvalue weighted by Crippen LogP contribution is 2.37. The number of hydrogen-bond donors (Lipinski definition) is 0. The molecule has 1 saturated heterocycles. The molecule has 0 unspecified atom stereocenters. The summed E-state index contributed by atoms with van der Waals surface area (Å²) in [5, 5.41) is 0. The molecule has 5 heteroatoms. The van der Waals surface area contributed by atoms with E-state index in [0.29, 0.717) is 37.7 Å². The Morgan fingerprint density at radius 3 is 2.56 bits per heavy atom. The van der Waals surface area contributed by atoms with Crippen LogP contribution in [-0.4, -0.2) is 35.5 Å². The Morgan fingerprint density at radius 1 is 1.06 bits per heavy atom. The zero-order chi connectivity index (χ0) is 22.6. The van der Waals surface area contributed by atoms with Crippen LogP contribution in [0.3, 0.4) is 0 Å². The third-order valence-corrected chi connectivity index (χ3v) is 5.90. The van der Waals surface area contributed by atoms with Gasteiger partial charge in [-0.3, -0.25) is 9.78 Å². The van der Waals surface area contributed by atoms with Gasteiger partial charge in [-0.05, 0) is 42.2 Å². The quantitative estimate of drug-likeness (QED) is 0.495. The molecular weight excluding hydrogens is 400 g/mol. The lowest BCUT2D eigenvalue weighted by molar-refractivity contribution is 0.0427. The van der Waals surface area contributed by atoms with Crippen molar-refractivity contribution in [3.05, 3.63) is 89.2 Å². The number of rotatable bonds is 8. The van der Waals surface area contributed by atoms with E-state index in [-0.39, 0.29) is 11.3 Å². The molecule has 1 aliphatic heterocycles. The summed E-state index contributed by atoms with van der Waals surface area (Å²) in [6, 6.07) is 20.0. The molecule has 4 rings (SSSR count). The number of aromatic nitrogens is 1. The number of likely N-dealkylation sites (tertiary alicyclic amines) is 1. The molecule has 1 aromatic heterocycles. The van der Waals surface area contributed by atoms with Crippen molar-refractivity contribution >= 4 is 5.91 Å². The number of amides is 1. The Morgan fingerprint density at radius 2 is 1.84 bits per heavy atom. The zero-order valence-corrected chi connectivity index (χ0v) is 19.0. The monoisotopic (exact) mass is 430 g/mol. The summed E-state index contributed by atoms with van der Waals surface area (Å²) in [5.41, 5.74) is 3.83. The molecule has 0 N–H and O–H groups in total. The summed E-state index contributed by atoms with van der Waals surface area (Å²) in [7, 11) is 0. The zero-order valence-electron chi connectivity index (χ0n) is 19.0. The van der Waals surface area contributed by atoms with Crippen molar-refractivity contribution in [1.82, 2.24) is 9.88 Å². The molecule has 0 spiro atoms. The fourth-order valence-corrected chi connectivity index (χ4v) is 4.04. The number of benzene rings is 2. The second-order valence-corrected chi connectivity index (χ2v) is 8.70. The Balaban J connectivity index is 1.38. The van der Waals surface area contributed by atoms with Crippen molar-refractivity contribution in [2.75, 3.05) is 19.7 Å². The summed E-state index contributed by atoms with van der Waals surface area (Å²) >= 11 is 0. The summed E-state index contributed by atoms with van der Waals surface area (Å²) in [6.07, 6.45) is 2.56. The molecule has 5 nitrogen and oxygen atoms in total. The van der Waals surface area contributed by atoms with E-state index in [4.69, 9.17) is 9.47 Å². The lowest BCUT2D eigenvalue weighted by Crippen LogP contribution is -2.59. The number of nitrogens with zero attached hydrogens (tertiary/aromatic N) is 2. The second kappa shape index (κ2) is 9.43. The van der Waals surface area contributed by atoms with Crippen molar-refractivity contribution in [3.8, 4) is 11.5 Å². The van der Waals surface area contributed by atoms with Crippen molar-refractivity contribution in [2.24, 2.45) is 0 Å². The minimum absolute atomic E-state index is 0.0519. The van der Waals surface area contributed by atoms with Gasteiger partial charge in [-0.15, -0.1) is 0 Å². The molecule has 2 aromatic carbocycles. The Kier molecular flexibility index (Phi) is 6.45. The minimum Gasteiger partial charge on any atom is -0.493 e. The van der Waals surface area contributed by atoms with Gasteiger partial charge in [-0.2, -0.15) is 0 Å². The van der Waals surface area contributed by atoms with Crippen LogP contribution in [0.2, 0.25) is 0 Å². The maximum Gasteiger partial charge on any atom is 0.272 e. The highest BCUT2D eigenvalue weighted by atomic mass is 16.5. The number of carbonyl (C=O) groups is 1. The topological polar surface area (TPSA) is 51.7 Å². The number of ether oxygens (including phenoxy) is 2. The Hall–Kier alpha value is -3.34. The highest BCUT2D eigenvalue weighted by molar-refractivity contribution is 5.93. The Bertz CT molecular complexity index is 1080. The first-order chi connectivity index (χ1) is 15.5. The SMILES string of the molecule is CCCOc1ccnc(C(=O)N2CC(C)(c3ccc(OCc4ccccc4)c(C)c3)C2)c1. The van der Waals surface area contributed by atoms with Crippen molar-refractivity contribution in [2.45, 2.75) is 39.2 Å². The molecule has 0 atom stereocenters. The minimum atomic E-state index is -0.0747. The molecule has 2 heterocycles. The van der Waals surface area contributed by atoms with Gasteiger partial charge in [0.25, 0.3) is 5.91 Å². The number of aryl methyl sites for hydroxylation is 1. The summed E-state index contributed by atoms with van der Waals surface area (Å²) in [4.78, 5) is 19.0. The molecule has 166 valence electrons. The lowest BCUT2D eigenvalue weighted by atomic mass is 9.75. The molecule has 0 radical (unpaired) electrons. The standard InChI is InChI=1S/C27H30N2O3/c1-4-14-31-23-12-13-28-24(16-23)26(30)29-18-27(3,19-29)22-10-11-25(20(2)15-22)32-17-21-8-6-5-7-9-21/h5-13,15-16H,4,14,17-19H2,1-3H3. The maximum atomic E-state index is 12.9. The molecule has 0 saturated carbocycles. The van der Waals surface area contributed by atoms with Crippen molar-refractivity contribution in [3.63, 3.8) is 0 Å². The first-order valence-corrected chi connectivity index (χ1v) is 11.1. The summed E-state index contributed by atoms with van der Waals surface area (Å²) < 4.78 is 11.7. The number of hydrogen-bond acceptors (Lipinski definition) is 4. The van der Waals surface area contributed by atoms with Gasteiger partial charge in [0, 0.05) is 30.8 Å². The van der Waals surface area contributed by atoms with Crippen LogP contribution in [0, 0.1) is 6.92 Å². The normalized spacial score (nSPS) is 14.5. The molecule has 0 bridgehead atoms. The van der Waals surface area contributed by atoms with Crippen LogP contribution in [-0.2, 0) is 12.0 Å². The maximum absolute atomic E-state index is 12.9. The van der Waals surface area contributed by atoms with E-state index < -0.39 is 0 Å². The smallest absolute Gasteiger partial charge is 0.272 e.